The van der Waals surface area contributed by atoms with Crippen molar-refractivity contribution in [3.05, 3.63) is 65.9 Å². The fourth-order valence-corrected chi connectivity index (χ4v) is 2.71. The topological polar surface area (TPSA) is 81.1 Å². The summed E-state index contributed by atoms with van der Waals surface area (Å²) >= 11 is 0. The molecule has 5 heteroatoms. The molecule has 0 saturated heterocycles. The van der Waals surface area contributed by atoms with Crippen LogP contribution in [0.2, 0.25) is 0 Å². The zero-order valence-electron chi connectivity index (χ0n) is 13.8. The Kier molecular flexibility index (Phi) is 4.62. The number of oxazole rings is 1. The van der Waals surface area contributed by atoms with Crippen LogP contribution in [-0.4, -0.2) is 10.9 Å². The number of hydrogen-bond acceptors (Lipinski definition) is 4. The Morgan fingerprint density at radius 3 is 2.79 bits per heavy atom. The molecule has 0 radical (unpaired) electrons. The average Bonchev–Trinajstić information content (AvgIpc) is 3.10. The number of hydrogen-bond donors (Lipinski definition) is 2. The highest BCUT2D eigenvalue weighted by Gasteiger charge is 2.18. The van der Waals surface area contributed by atoms with Crippen LogP contribution < -0.4 is 11.1 Å². The molecule has 0 saturated carbocycles. The fourth-order valence-electron chi connectivity index (χ4n) is 2.71. The zero-order valence-corrected chi connectivity index (χ0v) is 13.8. The summed E-state index contributed by atoms with van der Waals surface area (Å²) in [6.07, 6.45) is 2.06. The second-order valence-corrected chi connectivity index (χ2v) is 5.85. The van der Waals surface area contributed by atoms with Gasteiger partial charge in [0.05, 0.1) is 12.1 Å². The molecule has 0 aliphatic carbocycles. The summed E-state index contributed by atoms with van der Waals surface area (Å²) in [6.45, 7) is 3.90. The molecular formula is C19H21N3O2. The number of carbonyl (C=O) groups is 1. The SMILES string of the molecule is CCC(N)c1nc(C(=O)NC(C)c2cccc3ccccc23)co1. The van der Waals surface area contributed by atoms with Crippen LogP contribution in [-0.2, 0) is 0 Å². The van der Waals surface area contributed by atoms with Crippen LogP contribution in [0, 0.1) is 0 Å². The Morgan fingerprint density at radius 2 is 2.00 bits per heavy atom. The molecule has 2 unspecified atom stereocenters. The number of nitrogens with one attached hydrogen (secondary N) is 1. The minimum Gasteiger partial charge on any atom is -0.446 e. The third-order valence-corrected chi connectivity index (χ3v) is 4.15. The number of amides is 1. The highest BCUT2D eigenvalue weighted by atomic mass is 16.3. The van der Waals surface area contributed by atoms with Gasteiger partial charge in [-0.15, -0.1) is 0 Å². The van der Waals surface area contributed by atoms with Crippen molar-refractivity contribution in [2.75, 3.05) is 0 Å². The minimum absolute atomic E-state index is 0.149. The number of carbonyl (C=O) groups excluding carboxylic acids is 1. The maximum Gasteiger partial charge on any atom is 0.273 e. The molecule has 5 nitrogen and oxygen atoms in total. The van der Waals surface area contributed by atoms with Crippen LogP contribution in [0.15, 0.2) is 53.1 Å². The van der Waals surface area contributed by atoms with Gasteiger partial charge >= 0.3 is 0 Å². The molecule has 1 amide bonds. The van der Waals surface area contributed by atoms with E-state index >= 15 is 0 Å². The Morgan fingerprint density at radius 1 is 1.25 bits per heavy atom. The van der Waals surface area contributed by atoms with Gasteiger partial charge in [0, 0.05) is 0 Å². The summed E-state index contributed by atoms with van der Waals surface area (Å²) in [7, 11) is 0. The van der Waals surface area contributed by atoms with Crippen molar-refractivity contribution in [3.63, 3.8) is 0 Å². The highest BCUT2D eigenvalue weighted by molar-refractivity contribution is 5.93. The maximum atomic E-state index is 12.4. The van der Waals surface area contributed by atoms with Gasteiger partial charge < -0.3 is 15.5 Å². The van der Waals surface area contributed by atoms with E-state index in [0.29, 0.717) is 12.3 Å². The number of aromatic nitrogens is 1. The third kappa shape index (κ3) is 3.16. The standard InChI is InChI=1S/C19H21N3O2/c1-3-16(20)19-22-17(11-24-19)18(23)21-12(2)14-10-6-8-13-7-4-5-9-15(13)14/h4-12,16H,3,20H2,1-2H3,(H,21,23). The molecule has 0 bridgehead atoms. The van der Waals surface area contributed by atoms with Gasteiger partial charge in [-0.3, -0.25) is 4.79 Å². The second-order valence-electron chi connectivity index (χ2n) is 5.85. The lowest BCUT2D eigenvalue weighted by Gasteiger charge is -2.15. The van der Waals surface area contributed by atoms with Crippen LogP contribution >= 0.6 is 0 Å². The molecule has 3 N–H and O–H groups in total. The lowest BCUT2D eigenvalue weighted by atomic mass is 9.99. The van der Waals surface area contributed by atoms with E-state index in [2.05, 4.69) is 28.5 Å². The van der Waals surface area contributed by atoms with Gasteiger partial charge in [-0.1, -0.05) is 49.4 Å². The van der Waals surface area contributed by atoms with Crippen LogP contribution in [0.3, 0.4) is 0 Å². The number of benzene rings is 2. The molecule has 1 aromatic heterocycles. The average molecular weight is 323 g/mol. The minimum atomic E-state index is -0.290. The van der Waals surface area contributed by atoms with Crippen molar-refractivity contribution in [1.82, 2.24) is 10.3 Å². The van der Waals surface area contributed by atoms with Crippen molar-refractivity contribution in [3.8, 4) is 0 Å². The number of fused-ring (bicyclic) bond motifs is 1. The molecule has 24 heavy (non-hydrogen) atoms. The predicted molar refractivity (Wildman–Crippen MR) is 93.6 cm³/mol. The van der Waals surface area contributed by atoms with E-state index in [0.717, 1.165) is 16.3 Å². The van der Waals surface area contributed by atoms with Gasteiger partial charge in [-0.25, -0.2) is 4.98 Å². The summed E-state index contributed by atoms with van der Waals surface area (Å²) in [5.41, 5.74) is 7.19. The smallest absolute Gasteiger partial charge is 0.273 e. The lowest BCUT2D eigenvalue weighted by Crippen LogP contribution is -2.27. The molecular weight excluding hydrogens is 302 g/mol. The van der Waals surface area contributed by atoms with E-state index in [1.54, 1.807) is 0 Å². The van der Waals surface area contributed by atoms with Gasteiger partial charge in [0.25, 0.3) is 5.91 Å². The number of nitrogens with two attached hydrogens (primary N) is 1. The molecule has 0 fully saturated rings. The quantitative estimate of drug-likeness (QED) is 0.749. The predicted octanol–water partition coefficient (Wildman–Crippen LogP) is 3.73. The van der Waals surface area contributed by atoms with E-state index in [-0.39, 0.29) is 23.7 Å². The van der Waals surface area contributed by atoms with E-state index in [4.69, 9.17) is 10.2 Å². The first-order chi connectivity index (χ1) is 11.6. The molecule has 1 heterocycles. The first-order valence-electron chi connectivity index (χ1n) is 8.09. The monoisotopic (exact) mass is 323 g/mol. The lowest BCUT2D eigenvalue weighted by molar-refractivity contribution is 0.0935. The largest absolute Gasteiger partial charge is 0.446 e. The van der Waals surface area contributed by atoms with Crippen molar-refractivity contribution in [2.24, 2.45) is 5.73 Å². The van der Waals surface area contributed by atoms with E-state index in [1.165, 1.54) is 6.26 Å². The normalized spacial score (nSPS) is 13.6. The van der Waals surface area contributed by atoms with E-state index < -0.39 is 0 Å². The van der Waals surface area contributed by atoms with Crippen LogP contribution in [0.25, 0.3) is 10.8 Å². The highest BCUT2D eigenvalue weighted by Crippen LogP contribution is 2.24. The van der Waals surface area contributed by atoms with Crippen LogP contribution in [0.1, 0.15) is 54.3 Å². The van der Waals surface area contributed by atoms with Crippen molar-refractivity contribution >= 4 is 16.7 Å². The van der Waals surface area contributed by atoms with Crippen molar-refractivity contribution in [2.45, 2.75) is 32.4 Å². The summed E-state index contributed by atoms with van der Waals surface area (Å²) in [6, 6.07) is 13.8. The van der Waals surface area contributed by atoms with Crippen molar-refractivity contribution < 1.29 is 9.21 Å². The molecule has 3 rings (SSSR count). The maximum absolute atomic E-state index is 12.4. The zero-order chi connectivity index (χ0) is 17.1. The Labute approximate surface area is 140 Å². The van der Waals surface area contributed by atoms with E-state index in [9.17, 15) is 4.79 Å². The molecule has 124 valence electrons. The Balaban J connectivity index is 1.80. The Hall–Kier alpha value is -2.66. The Bertz CT molecular complexity index is 851. The summed E-state index contributed by atoms with van der Waals surface area (Å²) < 4.78 is 5.30. The van der Waals surface area contributed by atoms with Gasteiger partial charge in [0.1, 0.15) is 6.26 Å². The molecule has 2 atom stereocenters. The van der Waals surface area contributed by atoms with E-state index in [1.807, 2.05) is 38.1 Å². The molecule has 0 aliphatic rings. The van der Waals surface area contributed by atoms with Gasteiger partial charge in [0.2, 0.25) is 5.89 Å². The first-order valence-corrected chi connectivity index (χ1v) is 8.09. The summed E-state index contributed by atoms with van der Waals surface area (Å²) in [5, 5.41) is 5.25. The van der Waals surface area contributed by atoms with Gasteiger partial charge in [-0.05, 0) is 29.7 Å². The number of nitrogens with zero attached hydrogens (tertiary/aromatic N) is 1. The number of rotatable bonds is 5. The molecule has 3 aromatic rings. The second kappa shape index (κ2) is 6.84. The van der Waals surface area contributed by atoms with Crippen LogP contribution in [0.4, 0.5) is 0 Å². The van der Waals surface area contributed by atoms with Gasteiger partial charge in [0.15, 0.2) is 5.69 Å². The molecule has 0 spiro atoms. The third-order valence-electron chi connectivity index (χ3n) is 4.15. The fraction of sp³-hybridized carbons (Fsp3) is 0.263. The first kappa shape index (κ1) is 16.2. The molecule has 0 aliphatic heterocycles. The van der Waals surface area contributed by atoms with Crippen molar-refractivity contribution in [1.29, 1.82) is 0 Å². The summed E-state index contributed by atoms with van der Waals surface area (Å²) in [5.74, 6) is 0.120. The molecule has 2 aromatic carbocycles. The van der Waals surface area contributed by atoms with Crippen LogP contribution in [0.5, 0.6) is 0 Å². The summed E-state index contributed by atoms with van der Waals surface area (Å²) in [4.78, 5) is 16.6. The van der Waals surface area contributed by atoms with Gasteiger partial charge in [-0.2, -0.15) is 0 Å².